The van der Waals surface area contributed by atoms with Crippen LogP contribution in [-0.2, 0) is 0 Å². The molecule has 2 aromatic heterocycles. The van der Waals surface area contributed by atoms with Crippen molar-refractivity contribution < 1.29 is 14.1 Å². The molecule has 0 aliphatic heterocycles. The molecule has 30 heavy (non-hydrogen) atoms. The lowest BCUT2D eigenvalue weighted by atomic mass is 10.1. The van der Waals surface area contributed by atoms with Crippen LogP contribution < -0.4 is 15.8 Å². The van der Waals surface area contributed by atoms with Crippen LogP contribution in [0.1, 0.15) is 21.8 Å². The number of aromatic nitrogens is 3. The summed E-state index contributed by atoms with van der Waals surface area (Å²) in [6, 6.07) is 15.9. The van der Waals surface area contributed by atoms with E-state index in [0.29, 0.717) is 28.5 Å². The van der Waals surface area contributed by atoms with Crippen LogP contribution in [0.15, 0.2) is 65.3 Å². The molecule has 2 heterocycles. The van der Waals surface area contributed by atoms with Crippen LogP contribution >= 0.6 is 0 Å². The van der Waals surface area contributed by atoms with Crippen molar-refractivity contribution in [3.63, 3.8) is 0 Å². The molecule has 0 saturated heterocycles. The molecule has 0 radical (unpaired) electrons. The first kappa shape index (κ1) is 19.1. The Hall–Kier alpha value is -4.20. The van der Waals surface area contributed by atoms with Crippen LogP contribution in [0.2, 0.25) is 0 Å². The molecule has 3 N–H and O–H groups in total. The molecule has 0 atom stereocenters. The van der Waals surface area contributed by atoms with E-state index in [1.54, 1.807) is 37.4 Å². The van der Waals surface area contributed by atoms with Gasteiger partial charge in [-0.15, -0.1) is 0 Å². The van der Waals surface area contributed by atoms with Gasteiger partial charge in [-0.2, -0.15) is 0 Å². The third-order valence-electron chi connectivity index (χ3n) is 4.42. The van der Waals surface area contributed by atoms with E-state index >= 15 is 0 Å². The molecule has 2 aromatic carbocycles. The highest BCUT2D eigenvalue weighted by Gasteiger charge is 2.16. The highest BCUT2D eigenvalue weighted by Crippen LogP contribution is 2.30. The van der Waals surface area contributed by atoms with Crippen molar-refractivity contribution in [2.45, 2.75) is 13.8 Å². The van der Waals surface area contributed by atoms with E-state index < -0.39 is 0 Å². The van der Waals surface area contributed by atoms with Gasteiger partial charge in [0.25, 0.3) is 11.8 Å². The number of carbonyl (C=O) groups excluding carboxylic acids is 1. The van der Waals surface area contributed by atoms with Crippen LogP contribution in [0.4, 0.5) is 11.5 Å². The summed E-state index contributed by atoms with van der Waals surface area (Å²) in [4.78, 5) is 21.0. The van der Waals surface area contributed by atoms with Gasteiger partial charge in [-0.25, -0.2) is 9.97 Å². The summed E-state index contributed by atoms with van der Waals surface area (Å²) in [5.74, 6) is 1.20. The first-order chi connectivity index (χ1) is 14.5. The van der Waals surface area contributed by atoms with Crippen LogP contribution in [0.3, 0.4) is 0 Å². The summed E-state index contributed by atoms with van der Waals surface area (Å²) in [5.41, 5.74) is 9.15. The first-order valence-corrected chi connectivity index (χ1v) is 9.21. The molecule has 0 unspecified atom stereocenters. The van der Waals surface area contributed by atoms with E-state index in [2.05, 4.69) is 20.4 Å². The molecule has 0 saturated carbocycles. The lowest BCUT2D eigenvalue weighted by Gasteiger charge is -2.09. The number of rotatable bonds is 5. The van der Waals surface area contributed by atoms with Crippen molar-refractivity contribution in [2.24, 2.45) is 0 Å². The number of benzene rings is 2. The van der Waals surface area contributed by atoms with Gasteiger partial charge in [-0.1, -0.05) is 23.4 Å². The van der Waals surface area contributed by atoms with Crippen molar-refractivity contribution in [1.82, 2.24) is 15.1 Å². The van der Waals surface area contributed by atoms with E-state index in [0.717, 1.165) is 11.3 Å². The molecule has 150 valence electrons. The zero-order chi connectivity index (χ0) is 21.1. The average molecular weight is 401 g/mol. The molecule has 8 nitrogen and oxygen atoms in total. The van der Waals surface area contributed by atoms with Gasteiger partial charge in [-0.05, 0) is 50.2 Å². The zero-order valence-corrected chi connectivity index (χ0v) is 16.4. The highest BCUT2D eigenvalue weighted by atomic mass is 16.5. The number of aryl methyl sites for hydroxylation is 2. The maximum atomic E-state index is 12.4. The Balaban J connectivity index is 1.52. The third-order valence-corrected chi connectivity index (χ3v) is 4.42. The minimum absolute atomic E-state index is 0.149. The number of nitrogens with one attached hydrogen (secondary N) is 1. The number of hydrogen-bond acceptors (Lipinski definition) is 7. The number of nitrogen functional groups attached to an aromatic ring is 1. The van der Waals surface area contributed by atoms with E-state index in [-0.39, 0.29) is 17.6 Å². The van der Waals surface area contributed by atoms with Crippen molar-refractivity contribution in [3.8, 4) is 22.9 Å². The number of ether oxygens (including phenoxy) is 1. The molecule has 4 rings (SSSR count). The van der Waals surface area contributed by atoms with Gasteiger partial charge in [0, 0.05) is 11.3 Å². The van der Waals surface area contributed by atoms with Crippen molar-refractivity contribution >= 4 is 17.4 Å². The molecule has 8 heteroatoms. The third kappa shape index (κ3) is 3.97. The normalized spacial score (nSPS) is 10.6. The second kappa shape index (κ2) is 8.04. The maximum Gasteiger partial charge on any atom is 0.263 e. The molecule has 0 aliphatic carbocycles. The summed E-state index contributed by atoms with van der Waals surface area (Å²) in [6.45, 7) is 3.62. The maximum absolute atomic E-state index is 12.4. The van der Waals surface area contributed by atoms with Gasteiger partial charge in [0.15, 0.2) is 5.82 Å². The monoisotopic (exact) mass is 401 g/mol. The fourth-order valence-corrected chi connectivity index (χ4v) is 2.94. The Morgan fingerprint density at radius 1 is 1.07 bits per heavy atom. The number of nitrogens with two attached hydrogens (primary N) is 1. The molecule has 4 aromatic rings. The van der Waals surface area contributed by atoms with Gasteiger partial charge in [0.1, 0.15) is 11.5 Å². The lowest BCUT2D eigenvalue weighted by molar-refractivity contribution is 0.102. The summed E-state index contributed by atoms with van der Waals surface area (Å²) in [6.07, 6.45) is 1.55. The van der Waals surface area contributed by atoms with Gasteiger partial charge < -0.3 is 20.3 Å². The minimum atomic E-state index is -0.215. The second-order valence-corrected chi connectivity index (χ2v) is 6.59. The number of hydrogen-bond donors (Lipinski definition) is 2. The Morgan fingerprint density at radius 2 is 1.80 bits per heavy atom. The molecular weight excluding hydrogens is 382 g/mol. The van der Waals surface area contributed by atoms with E-state index in [1.165, 1.54) is 0 Å². The molecule has 1 amide bonds. The summed E-state index contributed by atoms with van der Waals surface area (Å²) < 4.78 is 11.0. The van der Waals surface area contributed by atoms with Crippen LogP contribution in [0.5, 0.6) is 11.6 Å². The minimum Gasteiger partial charge on any atom is -0.436 e. The number of amides is 1. The fraction of sp³-hybridized carbons (Fsp3) is 0.0909. The number of carbonyl (C=O) groups is 1. The van der Waals surface area contributed by atoms with Gasteiger partial charge in [0.05, 0.1) is 23.1 Å². The SMILES string of the molecule is Cc1noc(C)c1-c1cnc(N)c(Oc2ccc(C(=O)Nc3ccccc3)cc2)n1. The fourth-order valence-electron chi connectivity index (χ4n) is 2.94. The Labute approximate surface area is 172 Å². The highest BCUT2D eigenvalue weighted by molar-refractivity contribution is 6.04. The first-order valence-electron chi connectivity index (χ1n) is 9.21. The summed E-state index contributed by atoms with van der Waals surface area (Å²) in [5, 5.41) is 6.77. The Bertz CT molecular complexity index is 1170. The zero-order valence-electron chi connectivity index (χ0n) is 16.4. The largest absolute Gasteiger partial charge is 0.436 e. The Morgan fingerprint density at radius 3 is 2.47 bits per heavy atom. The number of para-hydroxylation sites is 1. The standard InChI is InChI=1S/C22H19N5O3/c1-13-19(14(2)30-27-13)18-12-24-20(23)22(26-18)29-17-10-8-15(9-11-17)21(28)25-16-6-4-3-5-7-16/h3-12H,1-2H3,(H2,23,24)(H,25,28). The predicted molar refractivity (Wildman–Crippen MR) is 112 cm³/mol. The predicted octanol–water partition coefficient (Wildman–Crippen LogP) is 4.38. The van der Waals surface area contributed by atoms with Crippen molar-refractivity contribution in [1.29, 1.82) is 0 Å². The molecule has 0 aliphatic rings. The van der Waals surface area contributed by atoms with Gasteiger partial charge in [-0.3, -0.25) is 4.79 Å². The molecule has 0 fully saturated rings. The number of nitrogens with zero attached hydrogens (tertiary/aromatic N) is 3. The van der Waals surface area contributed by atoms with Crippen LogP contribution in [0, 0.1) is 13.8 Å². The second-order valence-electron chi connectivity index (χ2n) is 6.59. The van der Waals surface area contributed by atoms with Gasteiger partial charge in [0.2, 0.25) is 0 Å². The smallest absolute Gasteiger partial charge is 0.263 e. The van der Waals surface area contributed by atoms with Crippen molar-refractivity contribution in [3.05, 3.63) is 77.8 Å². The summed E-state index contributed by atoms with van der Waals surface area (Å²) in [7, 11) is 0. The van der Waals surface area contributed by atoms with Crippen LogP contribution in [-0.4, -0.2) is 21.0 Å². The van der Waals surface area contributed by atoms with Gasteiger partial charge >= 0.3 is 0 Å². The van der Waals surface area contributed by atoms with E-state index in [1.807, 2.05) is 37.3 Å². The van der Waals surface area contributed by atoms with E-state index in [9.17, 15) is 4.79 Å². The Kier molecular flexibility index (Phi) is 5.13. The van der Waals surface area contributed by atoms with E-state index in [4.69, 9.17) is 15.0 Å². The number of anilines is 2. The van der Waals surface area contributed by atoms with Crippen molar-refractivity contribution in [2.75, 3.05) is 11.1 Å². The lowest BCUT2D eigenvalue weighted by Crippen LogP contribution is -2.11. The topological polar surface area (TPSA) is 116 Å². The molecule has 0 bridgehead atoms. The van der Waals surface area contributed by atoms with Crippen LogP contribution in [0.25, 0.3) is 11.3 Å². The molecular formula is C22H19N5O3. The summed E-state index contributed by atoms with van der Waals surface area (Å²) >= 11 is 0. The quantitative estimate of drug-likeness (QED) is 0.510. The molecule has 0 spiro atoms. The average Bonchev–Trinajstić information content (AvgIpc) is 3.09.